The molecule has 0 unspecified atom stereocenters. The summed E-state index contributed by atoms with van der Waals surface area (Å²) < 4.78 is 0.984. The smallest absolute Gasteiger partial charge is 0.274 e. The van der Waals surface area contributed by atoms with E-state index in [1.807, 2.05) is 31.2 Å². The SMILES string of the molecule is CCNc1ccc(C(=O)N(C)Cc2ccccc2Br)nn1. The van der Waals surface area contributed by atoms with Crippen LogP contribution in [0.3, 0.4) is 0 Å². The van der Waals surface area contributed by atoms with Gasteiger partial charge >= 0.3 is 0 Å². The number of carbonyl (C=O) groups excluding carboxylic acids is 1. The Hall–Kier alpha value is -1.95. The van der Waals surface area contributed by atoms with Gasteiger partial charge in [0.05, 0.1) is 0 Å². The van der Waals surface area contributed by atoms with Crippen molar-refractivity contribution < 1.29 is 4.79 Å². The second kappa shape index (κ2) is 7.17. The highest BCUT2D eigenvalue weighted by molar-refractivity contribution is 9.10. The lowest BCUT2D eigenvalue weighted by molar-refractivity contribution is 0.0778. The number of carbonyl (C=O) groups is 1. The predicted octanol–water partition coefficient (Wildman–Crippen LogP) is 2.94. The first-order valence-corrected chi connectivity index (χ1v) is 7.47. The number of rotatable bonds is 5. The fourth-order valence-electron chi connectivity index (χ4n) is 1.87. The van der Waals surface area contributed by atoms with Crippen LogP contribution in [0, 0.1) is 0 Å². The number of nitrogens with one attached hydrogen (secondary N) is 1. The molecule has 0 aliphatic carbocycles. The normalized spacial score (nSPS) is 10.2. The maximum absolute atomic E-state index is 12.3. The van der Waals surface area contributed by atoms with Gasteiger partial charge in [0.25, 0.3) is 5.91 Å². The van der Waals surface area contributed by atoms with Gasteiger partial charge in [-0.25, -0.2) is 0 Å². The Morgan fingerprint density at radius 3 is 2.62 bits per heavy atom. The van der Waals surface area contributed by atoms with E-state index >= 15 is 0 Å². The quantitative estimate of drug-likeness (QED) is 0.902. The van der Waals surface area contributed by atoms with E-state index < -0.39 is 0 Å². The van der Waals surface area contributed by atoms with E-state index in [9.17, 15) is 4.79 Å². The molecule has 1 aromatic heterocycles. The lowest BCUT2D eigenvalue weighted by Crippen LogP contribution is -2.27. The van der Waals surface area contributed by atoms with Gasteiger partial charge in [-0.05, 0) is 30.7 Å². The van der Waals surface area contributed by atoms with Crippen molar-refractivity contribution in [1.29, 1.82) is 0 Å². The monoisotopic (exact) mass is 348 g/mol. The molecule has 0 bridgehead atoms. The molecule has 0 saturated carbocycles. The fraction of sp³-hybridized carbons (Fsp3) is 0.267. The molecule has 5 nitrogen and oxygen atoms in total. The van der Waals surface area contributed by atoms with Gasteiger partial charge in [-0.1, -0.05) is 34.1 Å². The summed E-state index contributed by atoms with van der Waals surface area (Å²) in [5.41, 5.74) is 1.39. The number of halogens is 1. The van der Waals surface area contributed by atoms with Gasteiger partial charge in [0.15, 0.2) is 5.69 Å². The number of nitrogens with zero attached hydrogens (tertiary/aromatic N) is 3. The second-order valence-corrected chi connectivity index (χ2v) is 5.44. The zero-order valence-corrected chi connectivity index (χ0v) is 13.6. The largest absolute Gasteiger partial charge is 0.369 e. The Kier molecular flexibility index (Phi) is 5.27. The molecule has 21 heavy (non-hydrogen) atoms. The van der Waals surface area contributed by atoms with Crippen LogP contribution in [0.2, 0.25) is 0 Å². The summed E-state index contributed by atoms with van der Waals surface area (Å²) in [4.78, 5) is 13.9. The Balaban J connectivity index is 2.07. The highest BCUT2D eigenvalue weighted by Crippen LogP contribution is 2.18. The van der Waals surface area contributed by atoms with E-state index in [1.165, 1.54) is 0 Å². The van der Waals surface area contributed by atoms with E-state index in [0.717, 1.165) is 16.6 Å². The van der Waals surface area contributed by atoms with Crippen molar-refractivity contribution in [1.82, 2.24) is 15.1 Å². The van der Waals surface area contributed by atoms with Gasteiger partial charge in [-0.2, -0.15) is 0 Å². The standard InChI is InChI=1S/C15H17BrN4O/c1-3-17-14-9-8-13(18-19-14)15(21)20(2)10-11-6-4-5-7-12(11)16/h4-9H,3,10H2,1-2H3,(H,17,19). The Labute approximate surface area is 132 Å². The number of hydrogen-bond donors (Lipinski definition) is 1. The minimum absolute atomic E-state index is 0.152. The van der Waals surface area contributed by atoms with Crippen LogP contribution >= 0.6 is 15.9 Å². The third-order valence-corrected chi connectivity index (χ3v) is 3.73. The average molecular weight is 349 g/mol. The third-order valence-electron chi connectivity index (χ3n) is 2.95. The molecule has 110 valence electrons. The van der Waals surface area contributed by atoms with Gasteiger partial charge in [-0.3, -0.25) is 4.79 Å². The Bertz CT molecular complexity index is 615. The number of amides is 1. The van der Waals surface area contributed by atoms with E-state index in [1.54, 1.807) is 24.1 Å². The summed E-state index contributed by atoms with van der Waals surface area (Å²) in [6.45, 7) is 3.26. The van der Waals surface area contributed by atoms with Crippen molar-refractivity contribution in [2.45, 2.75) is 13.5 Å². The molecule has 0 aliphatic heterocycles. The first-order chi connectivity index (χ1) is 10.1. The average Bonchev–Trinajstić information content (AvgIpc) is 2.50. The van der Waals surface area contributed by atoms with Crippen molar-refractivity contribution >= 4 is 27.7 Å². The van der Waals surface area contributed by atoms with E-state index in [4.69, 9.17) is 0 Å². The third kappa shape index (κ3) is 4.01. The zero-order valence-electron chi connectivity index (χ0n) is 12.0. The highest BCUT2D eigenvalue weighted by Gasteiger charge is 2.15. The van der Waals surface area contributed by atoms with Crippen molar-refractivity contribution in [3.05, 3.63) is 52.1 Å². The molecule has 6 heteroatoms. The van der Waals surface area contributed by atoms with E-state index in [0.29, 0.717) is 18.1 Å². The second-order valence-electron chi connectivity index (χ2n) is 4.59. The van der Waals surface area contributed by atoms with Gasteiger partial charge in [-0.15, -0.1) is 10.2 Å². The van der Waals surface area contributed by atoms with Crippen molar-refractivity contribution in [3.63, 3.8) is 0 Å². The summed E-state index contributed by atoms with van der Waals surface area (Å²) >= 11 is 3.48. The summed E-state index contributed by atoms with van der Waals surface area (Å²) in [5.74, 6) is 0.517. The van der Waals surface area contributed by atoms with Crippen LogP contribution in [-0.2, 0) is 6.54 Å². The minimum atomic E-state index is -0.152. The lowest BCUT2D eigenvalue weighted by Gasteiger charge is -2.17. The van der Waals surface area contributed by atoms with Crippen LogP contribution in [0.5, 0.6) is 0 Å². The predicted molar refractivity (Wildman–Crippen MR) is 86.1 cm³/mol. The maximum Gasteiger partial charge on any atom is 0.274 e. The molecule has 1 heterocycles. The van der Waals surface area contributed by atoms with Gasteiger partial charge in [0.1, 0.15) is 5.82 Å². The molecule has 1 N–H and O–H groups in total. The number of aromatic nitrogens is 2. The molecule has 2 aromatic rings. The molecule has 1 amide bonds. The zero-order chi connectivity index (χ0) is 15.2. The van der Waals surface area contributed by atoms with Gasteiger partial charge in [0, 0.05) is 24.6 Å². The first-order valence-electron chi connectivity index (χ1n) is 6.68. The topological polar surface area (TPSA) is 58.1 Å². The Morgan fingerprint density at radius 2 is 2.00 bits per heavy atom. The Morgan fingerprint density at radius 1 is 1.24 bits per heavy atom. The van der Waals surface area contributed by atoms with Crippen LogP contribution < -0.4 is 5.32 Å². The van der Waals surface area contributed by atoms with Crippen LogP contribution in [0.15, 0.2) is 40.9 Å². The van der Waals surface area contributed by atoms with Gasteiger partial charge in [0.2, 0.25) is 0 Å². The van der Waals surface area contributed by atoms with Crippen LogP contribution in [0.1, 0.15) is 23.0 Å². The summed E-state index contributed by atoms with van der Waals surface area (Å²) in [6.07, 6.45) is 0. The molecular weight excluding hydrogens is 332 g/mol. The summed E-state index contributed by atoms with van der Waals surface area (Å²) in [6, 6.07) is 11.3. The fourth-order valence-corrected chi connectivity index (χ4v) is 2.28. The molecule has 0 radical (unpaired) electrons. The molecule has 0 aliphatic rings. The number of benzene rings is 1. The number of hydrogen-bond acceptors (Lipinski definition) is 4. The summed E-state index contributed by atoms with van der Waals surface area (Å²) in [5, 5.41) is 11.0. The lowest BCUT2D eigenvalue weighted by atomic mass is 10.2. The van der Waals surface area contributed by atoms with Gasteiger partial charge < -0.3 is 10.2 Å². The molecule has 2 rings (SSSR count). The molecule has 0 atom stereocenters. The van der Waals surface area contributed by atoms with Crippen molar-refractivity contribution in [3.8, 4) is 0 Å². The summed E-state index contributed by atoms with van der Waals surface area (Å²) in [7, 11) is 1.75. The van der Waals surface area contributed by atoms with Crippen molar-refractivity contribution in [2.24, 2.45) is 0 Å². The number of anilines is 1. The van der Waals surface area contributed by atoms with Crippen LogP contribution in [0.4, 0.5) is 5.82 Å². The minimum Gasteiger partial charge on any atom is -0.369 e. The highest BCUT2D eigenvalue weighted by atomic mass is 79.9. The van der Waals surface area contributed by atoms with E-state index in [-0.39, 0.29) is 5.91 Å². The molecule has 0 spiro atoms. The molecule has 0 fully saturated rings. The first kappa shape index (κ1) is 15.4. The van der Waals surface area contributed by atoms with Crippen LogP contribution in [-0.4, -0.2) is 34.6 Å². The maximum atomic E-state index is 12.3. The molecule has 0 saturated heterocycles. The van der Waals surface area contributed by atoms with Crippen LogP contribution in [0.25, 0.3) is 0 Å². The van der Waals surface area contributed by atoms with Crippen molar-refractivity contribution in [2.75, 3.05) is 18.9 Å². The molecular formula is C15H17BrN4O. The van der Waals surface area contributed by atoms with E-state index in [2.05, 4.69) is 31.4 Å². The molecule has 1 aromatic carbocycles.